The van der Waals surface area contributed by atoms with E-state index >= 15 is 0 Å². The molecule has 0 aliphatic carbocycles. The van der Waals surface area contributed by atoms with Crippen LogP contribution in [-0.4, -0.2) is 9.97 Å². The molecular weight excluding hydrogens is 918 g/mol. The van der Waals surface area contributed by atoms with Gasteiger partial charge < -0.3 is 19.4 Å². The number of ether oxygens (including phenoxy) is 1. The maximum absolute atomic E-state index is 6.70. The first-order valence-electron chi connectivity index (χ1n) is 20.0. The summed E-state index contributed by atoms with van der Waals surface area (Å²) in [6.45, 7) is 13.2. The van der Waals surface area contributed by atoms with E-state index in [1.165, 1.54) is 5.56 Å². The van der Waals surface area contributed by atoms with Crippen molar-refractivity contribution in [3.8, 4) is 45.0 Å². The number of pyridine rings is 2. The Kier molecular flexibility index (Phi) is 10.1. The molecule has 0 radical (unpaired) electrons. The zero-order valence-corrected chi connectivity index (χ0v) is 36.3. The van der Waals surface area contributed by atoms with Gasteiger partial charge in [0.1, 0.15) is 5.82 Å². The topological polar surface area (TPSA) is 44.7 Å². The Labute approximate surface area is 367 Å². The van der Waals surface area contributed by atoms with Gasteiger partial charge in [-0.1, -0.05) is 92.7 Å². The van der Waals surface area contributed by atoms with E-state index in [4.69, 9.17) is 9.72 Å². The van der Waals surface area contributed by atoms with Crippen molar-refractivity contribution < 1.29 is 25.8 Å². The number of benzene rings is 6. The van der Waals surface area contributed by atoms with Crippen molar-refractivity contribution >= 4 is 39.9 Å². The summed E-state index contributed by atoms with van der Waals surface area (Å²) in [6, 6.07) is 57.8. The van der Waals surface area contributed by atoms with E-state index in [1.54, 1.807) is 0 Å². The Hall–Kier alpha value is -6.49. The summed E-state index contributed by atoms with van der Waals surface area (Å²) in [5.74, 6) is 1.99. The summed E-state index contributed by atoms with van der Waals surface area (Å²) in [7, 11) is 0. The molecule has 2 aliphatic heterocycles. The average Bonchev–Trinajstić information content (AvgIpc) is 3.58. The van der Waals surface area contributed by atoms with Crippen LogP contribution in [0.15, 0.2) is 158 Å². The molecule has 6 aromatic carbocycles. The third kappa shape index (κ3) is 6.95. The molecule has 0 spiro atoms. The van der Waals surface area contributed by atoms with Gasteiger partial charge in [-0.25, -0.2) is 4.98 Å². The predicted octanol–water partition coefficient (Wildman–Crippen LogP) is 14.0. The van der Waals surface area contributed by atoms with E-state index in [2.05, 4.69) is 188 Å². The minimum absolute atomic E-state index is 0. The number of hydrogen-bond acceptors (Lipinski definition) is 6. The van der Waals surface area contributed by atoms with Crippen molar-refractivity contribution in [3.05, 3.63) is 193 Å². The van der Waals surface area contributed by atoms with Gasteiger partial charge in [0.05, 0.1) is 11.4 Å². The summed E-state index contributed by atoms with van der Waals surface area (Å²) in [6.07, 6.45) is 3.75. The van der Waals surface area contributed by atoms with Gasteiger partial charge >= 0.3 is 0 Å². The first kappa shape index (κ1) is 39.0. The van der Waals surface area contributed by atoms with Crippen LogP contribution in [0.25, 0.3) is 33.5 Å². The number of para-hydroxylation sites is 3. The normalized spacial score (nSPS) is 12.8. The van der Waals surface area contributed by atoms with Crippen LogP contribution in [0.3, 0.4) is 0 Å². The Balaban J connectivity index is 0.00000462. The Morgan fingerprint density at radius 3 is 1.93 bits per heavy atom. The summed E-state index contributed by atoms with van der Waals surface area (Å²) in [5.41, 5.74) is 16.1. The Morgan fingerprint density at radius 1 is 0.567 bits per heavy atom. The summed E-state index contributed by atoms with van der Waals surface area (Å²) >= 11 is 0. The molecule has 10 rings (SSSR count). The molecule has 298 valence electrons. The first-order chi connectivity index (χ1) is 28.7. The van der Waals surface area contributed by atoms with Crippen LogP contribution in [0.2, 0.25) is 0 Å². The Bertz CT molecular complexity index is 2860. The molecule has 8 aromatic rings. The molecule has 0 amide bonds. The van der Waals surface area contributed by atoms with E-state index in [0.717, 1.165) is 84.6 Å². The van der Waals surface area contributed by atoms with E-state index in [1.807, 2.05) is 42.7 Å². The van der Waals surface area contributed by atoms with Gasteiger partial charge in [0.15, 0.2) is 0 Å². The van der Waals surface area contributed by atoms with E-state index in [9.17, 15) is 0 Å². The standard InChI is InChI=1S/C53H42N5O.Pt/c1-35-29-37(46-20-12-13-27-54-46)30-36(2)52(35)57-34-56(48-22-10-11-23-49(48)57)39-15-14-16-40(32-39)59-41-24-25-45-43-18-7-6-17-42(43)44-19-8-9-21-47(44)58(50(45)33-41)51-31-38(26-28-55-51)53(3,4)5;/h6-31,34H,1-5H3;/q-3;. The SMILES string of the molecule is Cc1cc(-c2ccccn2)cc(C)c1N1[CH-]N(c2[c-]c(Oc3[c-]c4c(cc3)-c3ccccc3-c3ccccc3N4c3cc(C(C)(C)C)ccn3)ccc2)c2ccccc21.[Pt]. The van der Waals surface area contributed by atoms with Gasteiger partial charge in [-0.05, 0) is 96.1 Å². The molecule has 0 unspecified atom stereocenters. The van der Waals surface area contributed by atoms with Crippen LogP contribution in [0.1, 0.15) is 37.5 Å². The number of nitrogens with zero attached hydrogens (tertiary/aromatic N) is 5. The number of anilines is 7. The van der Waals surface area contributed by atoms with Gasteiger partial charge in [0.25, 0.3) is 0 Å². The van der Waals surface area contributed by atoms with Crippen LogP contribution in [0.4, 0.5) is 39.9 Å². The monoisotopic (exact) mass is 959 g/mol. The maximum Gasteiger partial charge on any atom is 0.135 e. The third-order valence-electron chi connectivity index (χ3n) is 11.2. The molecular formula is C53H42N5OPt-3. The molecule has 0 saturated carbocycles. The molecule has 60 heavy (non-hydrogen) atoms. The smallest absolute Gasteiger partial charge is 0.135 e. The molecule has 0 bridgehead atoms. The molecule has 0 saturated heterocycles. The van der Waals surface area contributed by atoms with Crippen LogP contribution in [0.5, 0.6) is 11.5 Å². The van der Waals surface area contributed by atoms with Crippen LogP contribution >= 0.6 is 0 Å². The molecule has 0 fully saturated rings. The Morgan fingerprint density at radius 2 is 1.22 bits per heavy atom. The zero-order valence-electron chi connectivity index (χ0n) is 34.0. The number of hydrogen-bond donors (Lipinski definition) is 0. The quantitative estimate of drug-likeness (QED) is 0.155. The molecule has 0 atom stereocenters. The summed E-state index contributed by atoms with van der Waals surface area (Å²) in [5, 5.41) is 0. The van der Waals surface area contributed by atoms with Gasteiger partial charge in [-0.3, -0.25) is 4.98 Å². The van der Waals surface area contributed by atoms with Gasteiger partial charge in [0, 0.05) is 73.1 Å². The van der Waals surface area contributed by atoms with Gasteiger partial charge in [0.2, 0.25) is 0 Å². The number of aryl methyl sites for hydroxylation is 2. The fraction of sp³-hybridized carbons (Fsp3) is 0.113. The molecule has 6 nitrogen and oxygen atoms in total. The molecule has 2 aromatic heterocycles. The van der Waals surface area contributed by atoms with Gasteiger partial charge in [-0.2, -0.15) is 12.1 Å². The number of fused-ring (bicyclic) bond motifs is 6. The summed E-state index contributed by atoms with van der Waals surface area (Å²) in [4.78, 5) is 16.2. The largest absolute Gasteiger partial charge is 0.509 e. The number of rotatable bonds is 6. The van der Waals surface area contributed by atoms with Crippen LogP contribution in [0, 0.1) is 32.6 Å². The average molecular weight is 960 g/mol. The summed E-state index contributed by atoms with van der Waals surface area (Å²) < 4.78 is 6.70. The fourth-order valence-electron chi connectivity index (χ4n) is 8.39. The predicted molar refractivity (Wildman–Crippen MR) is 240 cm³/mol. The number of aromatic nitrogens is 2. The fourth-order valence-corrected chi connectivity index (χ4v) is 8.39. The van der Waals surface area contributed by atoms with Crippen molar-refractivity contribution in [2.24, 2.45) is 0 Å². The first-order valence-corrected chi connectivity index (χ1v) is 20.0. The maximum atomic E-state index is 6.70. The van der Waals surface area contributed by atoms with Crippen molar-refractivity contribution in [1.82, 2.24) is 9.97 Å². The molecule has 4 heterocycles. The van der Waals surface area contributed by atoms with Crippen LogP contribution in [-0.2, 0) is 26.5 Å². The second-order valence-corrected chi connectivity index (χ2v) is 16.2. The minimum atomic E-state index is -0.0585. The second kappa shape index (κ2) is 15.6. The van der Waals surface area contributed by atoms with Crippen molar-refractivity contribution in [2.75, 3.05) is 14.7 Å². The van der Waals surface area contributed by atoms with Crippen molar-refractivity contribution in [3.63, 3.8) is 0 Å². The second-order valence-electron chi connectivity index (χ2n) is 16.2. The van der Waals surface area contributed by atoms with Crippen molar-refractivity contribution in [2.45, 2.75) is 40.0 Å². The van der Waals surface area contributed by atoms with Gasteiger partial charge in [-0.15, -0.1) is 48.3 Å². The van der Waals surface area contributed by atoms with E-state index in [0.29, 0.717) is 11.5 Å². The minimum Gasteiger partial charge on any atom is -0.509 e. The van der Waals surface area contributed by atoms with Crippen molar-refractivity contribution in [1.29, 1.82) is 0 Å². The third-order valence-corrected chi connectivity index (χ3v) is 11.2. The molecule has 2 aliphatic rings. The molecule has 7 heteroatoms. The molecule has 0 N–H and O–H groups in total. The zero-order chi connectivity index (χ0) is 40.3. The van der Waals surface area contributed by atoms with E-state index < -0.39 is 0 Å². The van der Waals surface area contributed by atoms with Crippen LogP contribution < -0.4 is 19.4 Å². The van der Waals surface area contributed by atoms with E-state index in [-0.39, 0.29) is 26.5 Å².